The van der Waals surface area contributed by atoms with Gasteiger partial charge >= 0.3 is 0 Å². The standard InChI is InChI=1S/C17H16Cl2N2O2S/c18-12-3-4-14(13(19)10-12)20-16(22)11-5-7-21(8-6-11)17(23)15-2-1-9-24-15/h1-4,9-11H,5-8H2,(H,20,22). The Morgan fingerprint density at radius 1 is 1.17 bits per heavy atom. The second-order valence-corrected chi connectivity index (χ2v) is 7.45. The predicted molar refractivity (Wildman–Crippen MR) is 98.0 cm³/mol. The van der Waals surface area contributed by atoms with Crippen molar-refractivity contribution in [3.63, 3.8) is 0 Å². The number of nitrogens with zero attached hydrogens (tertiary/aromatic N) is 1. The normalized spacial score (nSPS) is 15.3. The summed E-state index contributed by atoms with van der Waals surface area (Å²) in [6.07, 6.45) is 1.29. The number of piperidine rings is 1. The molecule has 0 atom stereocenters. The van der Waals surface area contributed by atoms with Gasteiger partial charge in [0.25, 0.3) is 5.91 Å². The lowest BCUT2D eigenvalue weighted by Gasteiger charge is -2.31. The lowest BCUT2D eigenvalue weighted by molar-refractivity contribution is -0.121. The Kier molecular flexibility index (Phi) is 5.43. The van der Waals surface area contributed by atoms with E-state index < -0.39 is 0 Å². The first-order chi connectivity index (χ1) is 11.5. The van der Waals surface area contributed by atoms with Crippen LogP contribution in [0.5, 0.6) is 0 Å². The fraction of sp³-hybridized carbons (Fsp3) is 0.294. The number of thiophene rings is 1. The van der Waals surface area contributed by atoms with Crippen LogP contribution in [0, 0.1) is 5.92 Å². The van der Waals surface area contributed by atoms with Crippen LogP contribution in [0.4, 0.5) is 5.69 Å². The van der Waals surface area contributed by atoms with E-state index in [2.05, 4.69) is 5.32 Å². The monoisotopic (exact) mass is 382 g/mol. The summed E-state index contributed by atoms with van der Waals surface area (Å²) >= 11 is 13.4. The molecule has 0 spiro atoms. The van der Waals surface area contributed by atoms with E-state index in [4.69, 9.17) is 23.2 Å². The highest BCUT2D eigenvalue weighted by Crippen LogP contribution is 2.27. The van der Waals surface area contributed by atoms with Crippen LogP contribution in [0.1, 0.15) is 22.5 Å². The first-order valence-corrected chi connectivity index (χ1v) is 9.27. The third kappa shape index (κ3) is 3.91. The van der Waals surface area contributed by atoms with Gasteiger partial charge in [0.15, 0.2) is 0 Å². The molecule has 1 aliphatic rings. The van der Waals surface area contributed by atoms with Crippen LogP contribution >= 0.6 is 34.5 Å². The number of rotatable bonds is 3. The van der Waals surface area contributed by atoms with Gasteiger partial charge in [0, 0.05) is 24.0 Å². The highest BCUT2D eigenvalue weighted by molar-refractivity contribution is 7.12. The van der Waals surface area contributed by atoms with E-state index in [1.54, 1.807) is 18.2 Å². The van der Waals surface area contributed by atoms with Crippen molar-refractivity contribution in [2.24, 2.45) is 5.92 Å². The van der Waals surface area contributed by atoms with Gasteiger partial charge in [0.2, 0.25) is 5.91 Å². The third-order valence-electron chi connectivity index (χ3n) is 4.07. The SMILES string of the molecule is O=C(Nc1ccc(Cl)cc1Cl)C1CCN(C(=O)c2cccs2)CC1. The quantitative estimate of drug-likeness (QED) is 0.846. The summed E-state index contributed by atoms with van der Waals surface area (Å²) in [6.45, 7) is 1.17. The molecule has 4 nitrogen and oxygen atoms in total. The number of halogens is 2. The van der Waals surface area contributed by atoms with E-state index in [0.29, 0.717) is 41.7 Å². The Balaban J connectivity index is 1.56. The molecule has 126 valence electrons. The maximum absolute atomic E-state index is 12.4. The Hall–Kier alpha value is -1.56. The second-order valence-electron chi connectivity index (χ2n) is 5.66. The molecule has 1 N–H and O–H groups in total. The van der Waals surface area contributed by atoms with Crippen LogP contribution in [0.25, 0.3) is 0 Å². The van der Waals surface area contributed by atoms with Crippen LogP contribution in [-0.4, -0.2) is 29.8 Å². The van der Waals surface area contributed by atoms with Crippen LogP contribution in [0.2, 0.25) is 10.0 Å². The van der Waals surface area contributed by atoms with Crippen LogP contribution in [-0.2, 0) is 4.79 Å². The molecule has 3 rings (SSSR count). The van der Waals surface area contributed by atoms with Gasteiger partial charge in [-0.25, -0.2) is 0 Å². The Morgan fingerprint density at radius 2 is 1.92 bits per heavy atom. The number of amides is 2. The molecule has 0 unspecified atom stereocenters. The van der Waals surface area contributed by atoms with E-state index in [0.717, 1.165) is 4.88 Å². The van der Waals surface area contributed by atoms with E-state index in [1.165, 1.54) is 11.3 Å². The van der Waals surface area contributed by atoms with E-state index in [1.807, 2.05) is 22.4 Å². The average molecular weight is 383 g/mol. The van der Waals surface area contributed by atoms with Gasteiger partial charge in [0.05, 0.1) is 15.6 Å². The molecule has 1 aromatic heterocycles. The summed E-state index contributed by atoms with van der Waals surface area (Å²) < 4.78 is 0. The molecular weight excluding hydrogens is 367 g/mol. The number of likely N-dealkylation sites (tertiary alicyclic amines) is 1. The van der Waals surface area contributed by atoms with Crippen molar-refractivity contribution in [2.45, 2.75) is 12.8 Å². The lowest BCUT2D eigenvalue weighted by atomic mass is 9.95. The van der Waals surface area contributed by atoms with E-state index >= 15 is 0 Å². The van der Waals surface area contributed by atoms with Crippen molar-refractivity contribution in [3.8, 4) is 0 Å². The molecule has 7 heteroatoms. The van der Waals surface area contributed by atoms with Crippen LogP contribution < -0.4 is 5.32 Å². The molecule has 0 saturated carbocycles. The fourth-order valence-corrected chi connectivity index (χ4v) is 3.87. The van der Waals surface area contributed by atoms with Crippen molar-refractivity contribution in [3.05, 3.63) is 50.6 Å². The minimum atomic E-state index is -0.121. The number of benzene rings is 1. The van der Waals surface area contributed by atoms with Crippen LogP contribution in [0.15, 0.2) is 35.7 Å². The van der Waals surface area contributed by atoms with Crippen molar-refractivity contribution in [1.82, 2.24) is 4.90 Å². The summed E-state index contributed by atoms with van der Waals surface area (Å²) in [6, 6.07) is 8.67. The number of hydrogen-bond acceptors (Lipinski definition) is 3. The van der Waals surface area contributed by atoms with Crippen molar-refractivity contribution < 1.29 is 9.59 Å². The number of carbonyl (C=O) groups is 2. The number of carbonyl (C=O) groups excluding carboxylic acids is 2. The molecule has 0 bridgehead atoms. The van der Waals surface area contributed by atoms with Gasteiger partial charge in [-0.1, -0.05) is 29.3 Å². The summed E-state index contributed by atoms with van der Waals surface area (Å²) in [5.74, 6) is -0.142. The molecule has 0 radical (unpaired) electrons. The minimum absolute atomic E-state index is 0.0459. The minimum Gasteiger partial charge on any atom is -0.338 e. The summed E-state index contributed by atoms with van der Waals surface area (Å²) in [5.41, 5.74) is 0.558. The molecule has 1 aliphatic heterocycles. The molecule has 1 saturated heterocycles. The zero-order valence-corrected chi connectivity index (χ0v) is 15.1. The van der Waals surface area contributed by atoms with Gasteiger partial charge in [0.1, 0.15) is 0 Å². The van der Waals surface area contributed by atoms with E-state index in [9.17, 15) is 9.59 Å². The Labute approximate surface area is 154 Å². The molecule has 2 heterocycles. The maximum Gasteiger partial charge on any atom is 0.263 e. The Morgan fingerprint density at radius 3 is 2.54 bits per heavy atom. The van der Waals surface area contributed by atoms with Gasteiger partial charge in [-0.15, -0.1) is 11.3 Å². The highest BCUT2D eigenvalue weighted by Gasteiger charge is 2.28. The molecule has 2 aromatic rings. The fourth-order valence-electron chi connectivity index (χ4n) is 2.73. The van der Waals surface area contributed by atoms with Crippen molar-refractivity contribution >= 4 is 52.0 Å². The van der Waals surface area contributed by atoms with Gasteiger partial charge in [-0.05, 0) is 42.5 Å². The van der Waals surface area contributed by atoms with Crippen molar-refractivity contribution in [1.29, 1.82) is 0 Å². The van der Waals surface area contributed by atoms with Gasteiger partial charge in [-0.2, -0.15) is 0 Å². The first kappa shape index (κ1) is 17.3. The molecular formula is C17H16Cl2N2O2S. The van der Waals surface area contributed by atoms with Gasteiger partial charge in [-0.3, -0.25) is 9.59 Å². The highest BCUT2D eigenvalue weighted by atomic mass is 35.5. The maximum atomic E-state index is 12.4. The predicted octanol–water partition coefficient (Wildman–Crippen LogP) is 4.55. The molecule has 2 amide bonds. The summed E-state index contributed by atoms with van der Waals surface area (Å²) in [5, 5.41) is 5.68. The zero-order valence-electron chi connectivity index (χ0n) is 12.8. The van der Waals surface area contributed by atoms with E-state index in [-0.39, 0.29) is 17.7 Å². The average Bonchev–Trinajstić information content (AvgIpc) is 3.11. The second kappa shape index (κ2) is 7.55. The number of anilines is 1. The van der Waals surface area contributed by atoms with Crippen LogP contribution in [0.3, 0.4) is 0 Å². The van der Waals surface area contributed by atoms with Gasteiger partial charge < -0.3 is 10.2 Å². The van der Waals surface area contributed by atoms with Crippen molar-refractivity contribution in [2.75, 3.05) is 18.4 Å². The molecule has 24 heavy (non-hydrogen) atoms. The topological polar surface area (TPSA) is 49.4 Å². The molecule has 1 aromatic carbocycles. The number of hydrogen-bond donors (Lipinski definition) is 1. The largest absolute Gasteiger partial charge is 0.338 e. The summed E-state index contributed by atoms with van der Waals surface area (Å²) in [7, 11) is 0. The smallest absolute Gasteiger partial charge is 0.263 e. The summed E-state index contributed by atoms with van der Waals surface area (Å²) in [4.78, 5) is 27.3. The molecule has 0 aliphatic carbocycles. The molecule has 1 fully saturated rings. The number of nitrogens with one attached hydrogen (secondary N) is 1. The lowest BCUT2D eigenvalue weighted by Crippen LogP contribution is -2.41. The third-order valence-corrected chi connectivity index (χ3v) is 5.48. The zero-order chi connectivity index (χ0) is 17.1. The first-order valence-electron chi connectivity index (χ1n) is 7.63. The Bertz CT molecular complexity index is 741.